The van der Waals surface area contributed by atoms with E-state index in [1.807, 2.05) is 0 Å². The fraction of sp³-hybridized carbons (Fsp3) is 0.333. The molecule has 0 saturated heterocycles. The van der Waals surface area contributed by atoms with E-state index in [0.29, 0.717) is 0 Å². The van der Waals surface area contributed by atoms with Gasteiger partial charge in [-0.1, -0.05) is 184 Å². The third-order valence-electron chi connectivity index (χ3n) is 18.3. The molecule has 2 aliphatic heterocycles. The van der Waals surface area contributed by atoms with E-state index in [-0.39, 0.29) is 39.3 Å². The highest BCUT2D eigenvalue weighted by molar-refractivity contribution is 6.94. The molecule has 8 aromatic carbocycles. The number of fused-ring (bicyclic) bond motifs is 14. The molecule has 0 unspecified atom stereocenters. The molecule has 4 nitrogen and oxygen atoms in total. The van der Waals surface area contributed by atoms with Crippen LogP contribution in [0.25, 0.3) is 60.6 Å². The molecule has 388 valence electrons. The fourth-order valence-corrected chi connectivity index (χ4v) is 13.5. The molecule has 77 heavy (non-hydrogen) atoms. The number of rotatable bonds is 4. The highest BCUT2D eigenvalue weighted by Gasteiger charge is 2.48. The molecule has 0 N–H and O–H groups in total. The van der Waals surface area contributed by atoms with Crippen molar-refractivity contribution in [3.05, 3.63) is 179 Å². The van der Waals surface area contributed by atoms with E-state index in [1.165, 1.54) is 94.0 Å². The number of hydrogen-bond donors (Lipinski definition) is 0. The Labute approximate surface area is 458 Å². The minimum Gasteiger partial charge on any atom is -0.455 e. The van der Waals surface area contributed by atoms with Gasteiger partial charge in [-0.2, -0.15) is 0 Å². The van der Waals surface area contributed by atoms with E-state index in [1.54, 1.807) is 0 Å². The molecule has 13 rings (SSSR count). The molecule has 0 radical (unpaired) electrons. The van der Waals surface area contributed by atoms with Crippen molar-refractivity contribution in [2.24, 2.45) is 0 Å². The van der Waals surface area contributed by atoms with Crippen molar-refractivity contribution < 1.29 is 4.42 Å². The second kappa shape index (κ2) is 16.3. The maximum Gasteiger partial charge on any atom is 0.333 e. The highest BCUT2D eigenvalue weighted by atomic mass is 16.3. The van der Waals surface area contributed by atoms with Crippen LogP contribution < -0.4 is 20.6 Å². The summed E-state index contributed by atoms with van der Waals surface area (Å²) in [4.78, 5) is 5.19. The number of aromatic nitrogens is 1. The van der Waals surface area contributed by atoms with E-state index >= 15 is 0 Å². The molecule has 10 aromatic rings. The average molecular weight is 1010 g/mol. The summed E-state index contributed by atoms with van der Waals surface area (Å²) >= 11 is 0. The molecular formula is C72H76BN3O. The van der Waals surface area contributed by atoms with Gasteiger partial charge in [0.2, 0.25) is 0 Å². The summed E-state index contributed by atoms with van der Waals surface area (Å²) in [6, 6.07) is 56.8. The van der Waals surface area contributed by atoms with Crippen LogP contribution in [-0.4, -0.2) is 11.4 Å². The lowest BCUT2D eigenvalue weighted by atomic mass is 9.43. The van der Waals surface area contributed by atoms with Crippen LogP contribution in [-0.2, 0) is 32.5 Å². The van der Waals surface area contributed by atoms with Crippen molar-refractivity contribution in [3.8, 4) is 16.8 Å². The number of furan rings is 1. The summed E-state index contributed by atoms with van der Waals surface area (Å²) in [7, 11) is 0. The Morgan fingerprint density at radius 2 is 1.01 bits per heavy atom. The molecule has 5 heteroatoms. The zero-order valence-electron chi connectivity index (χ0n) is 48.6. The topological polar surface area (TPSA) is 24.6 Å². The number of benzene rings is 8. The van der Waals surface area contributed by atoms with Gasteiger partial charge in [-0.05, 0) is 162 Å². The Morgan fingerprint density at radius 1 is 0.494 bits per heavy atom. The summed E-state index contributed by atoms with van der Waals surface area (Å²) in [5.41, 5.74) is 24.6. The van der Waals surface area contributed by atoms with Crippen molar-refractivity contribution in [2.75, 3.05) is 9.71 Å². The second-order valence-corrected chi connectivity index (χ2v) is 28.6. The monoisotopic (exact) mass is 1010 g/mol. The minimum absolute atomic E-state index is 0.00762. The van der Waals surface area contributed by atoms with E-state index in [0.717, 1.165) is 52.1 Å². The van der Waals surface area contributed by atoms with Gasteiger partial charge in [0.15, 0.2) is 0 Å². The minimum atomic E-state index is -0.195. The molecule has 0 saturated carbocycles. The zero-order valence-corrected chi connectivity index (χ0v) is 48.6. The third-order valence-corrected chi connectivity index (χ3v) is 18.3. The van der Waals surface area contributed by atoms with E-state index < -0.39 is 0 Å². The van der Waals surface area contributed by atoms with Crippen LogP contribution in [0, 0.1) is 0 Å². The van der Waals surface area contributed by atoms with Gasteiger partial charge in [0.05, 0.1) is 11.0 Å². The van der Waals surface area contributed by atoms with Crippen LogP contribution in [0.2, 0.25) is 0 Å². The molecule has 0 bridgehead atoms. The van der Waals surface area contributed by atoms with Crippen LogP contribution >= 0.6 is 0 Å². The molecule has 0 amide bonds. The summed E-state index contributed by atoms with van der Waals surface area (Å²) in [6.45, 7) is 37.5. The van der Waals surface area contributed by atoms with Gasteiger partial charge in [-0.25, -0.2) is 0 Å². The Hall–Kier alpha value is -6.98. The summed E-state index contributed by atoms with van der Waals surface area (Å²) in [6.07, 6.45) is 2.28. The van der Waals surface area contributed by atoms with Crippen molar-refractivity contribution in [3.63, 3.8) is 0 Å². The first-order valence-corrected chi connectivity index (χ1v) is 28.4. The summed E-state index contributed by atoms with van der Waals surface area (Å²) in [5, 5.41) is 4.92. The average Bonchev–Trinajstić information content (AvgIpc) is 3.31. The van der Waals surface area contributed by atoms with Crippen molar-refractivity contribution in [1.29, 1.82) is 0 Å². The van der Waals surface area contributed by atoms with Gasteiger partial charge in [0.1, 0.15) is 11.2 Å². The number of hydrogen-bond acceptors (Lipinski definition) is 3. The molecule has 0 atom stereocenters. The molecule has 0 fully saturated rings. The fourth-order valence-electron chi connectivity index (χ4n) is 13.5. The quantitative estimate of drug-likeness (QED) is 0.164. The van der Waals surface area contributed by atoms with E-state index in [2.05, 4.69) is 271 Å². The van der Waals surface area contributed by atoms with Crippen molar-refractivity contribution >= 4 is 90.0 Å². The highest BCUT2D eigenvalue weighted by Crippen LogP contribution is 2.54. The Morgan fingerprint density at radius 3 is 1.58 bits per heavy atom. The number of nitrogens with zero attached hydrogens (tertiary/aromatic N) is 3. The first-order chi connectivity index (χ1) is 36.2. The maximum absolute atomic E-state index is 7.43. The first kappa shape index (κ1) is 49.6. The van der Waals surface area contributed by atoms with Crippen LogP contribution in [0.1, 0.15) is 157 Å². The van der Waals surface area contributed by atoms with Gasteiger partial charge in [0.25, 0.3) is 0 Å². The smallest absolute Gasteiger partial charge is 0.333 e. The summed E-state index contributed by atoms with van der Waals surface area (Å²) < 4.78 is 10.1. The molecule has 2 aromatic heterocycles. The van der Waals surface area contributed by atoms with Gasteiger partial charge in [-0.15, -0.1) is 0 Å². The standard InChI is InChI=1S/C72H76BN3O/c1-67(2,3)43-21-28-47(29-22-43)74(48-30-23-44(24-31-48)68(4,5)6)50-34-35-51-58(40-50)76(49-32-25-45(26-33-49)69(7,8)9)73-56-41-54-55(72(15,16)38-37-71(54,13)14)42-59(56)75-57-36-27-46(70(10,11)12)39-53(57)61-62-52-19-17-18-20-60(52)77-66(62)63(51)64(73)65(61)75/h17-36,39-42H,37-38H2,1-16H3. The number of anilines is 5. The first-order valence-electron chi connectivity index (χ1n) is 28.4. The largest absolute Gasteiger partial charge is 0.455 e. The zero-order chi connectivity index (χ0) is 54.3. The van der Waals surface area contributed by atoms with Crippen LogP contribution in [0.3, 0.4) is 0 Å². The lowest BCUT2D eigenvalue weighted by Gasteiger charge is -2.46. The third kappa shape index (κ3) is 7.52. The van der Waals surface area contributed by atoms with Crippen molar-refractivity contribution in [1.82, 2.24) is 4.57 Å². The molecular weight excluding hydrogens is 934 g/mol. The van der Waals surface area contributed by atoms with Gasteiger partial charge < -0.3 is 18.7 Å². The van der Waals surface area contributed by atoms with Crippen molar-refractivity contribution in [2.45, 2.75) is 156 Å². The SMILES string of the molecule is CC(C)(C)c1ccc(N2B3c4cc5c(cc4-n4c6ccc(C(C)(C)C)cc6c6c7c(oc8ccccc87)c(c3c64)-c3ccc(N(c4ccc(C(C)(C)C)cc4)c4ccc(C(C)(C)C)cc4)cc32)C(C)(C)CCC5(C)C)cc1. The van der Waals surface area contributed by atoms with Gasteiger partial charge in [-0.3, -0.25) is 0 Å². The molecule has 4 heterocycles. The molecule has 1 aliphatic carbocycles. The van der Waals surface area contributed by atoms with Gasteiger partial charge in [0, 0.05) is 66.8 Å². The van der Waals surface area contributed by atoms with Crippen LogP contribution in [0.15, 0.2) is 150 Å². The lowest BCUT2D eigenvalue weighted by molar-refractivity contribution is 0.332. The maximum atomic E-state index is 7.43. The summed E-state index contributed by atoms with van der Waals surface area (Å²) in [5.74, 6) is 0. The molecule has 3 aliphatic rings. The predicted octanol–water partition coefficient (Wildman–Crippen LogP) is 18.9. The van der Waals surface area contributed by atoms with E-state index in [4.69, 9.17) is 4.42 Å². The Bertz CT molecular complexity index is 4000. The Balaban J connectivity index is 1.20. The normalized spacial score (nSPS) is 15.8. The predicted molar refractivity (Wildman–Crippen MR) is 332 cm³/mol. The molecule has 0 spiro atoms. The number of para-hydroxylation sites is 1. The van der Waals surface area contributed by atoms with Crippen LogP contribution in [0.5, 0.6) is 0 Å². The lowest BCUT2D eigenvalue weighted by Crippen LogP contribution is -2.61. The Kier molecular flexibility index (Phi) is 10.5. The van der Waals surface area contributed by atoms with E-state index in [9.17, 15) is 0 Å². The van der Waals surface area contributed by atoms with Crippen LogP contribution in [0.4, 0.5) is 28.4 Å². The van der Waals surface area contributed by atoms with Gasteiger partial charge >= 0.3 is 6.85 Å². The second-order valence-electron chi connectivity index (χ2n) is 28.6.